The average molecular weight is 294 g/mol. The molecule has 0 aliphatic carbocycles. The summed E-state index contributed by atoms with van der Waals surface area (Å²) in [7, 11) is 3.41. The third kappa shape index (κ3) is 3.71. The van der Waals surface area contributed by atoms with Crippen molar-refractivity contribution in [2.24, 2.45) is 5.92 Å². The normalized spacial score (nSPS) is 18.2. The molecule has 8 nitrogen and oxygen atoms in total. The number of hydrogen-bond donors (Lipinski definition) is 2. The fraction of sp³-hybridized carbons (Fsp3) is 0.692. The van der Waals surface area contributed by atoms with Gasteiger partial charge in [0.05, 0.1) is 12.5 Å². The highest BCUT2D eigenvalue weighted by Crippen LogP contribution is 2.22. The second-order valence-corrected chi connectivity index (χ2v) is 4.82. The summed E-state index contributed by atoms with van der Waals surface area (Å²) < 4.78 is 5.37. The van der Waals surface area contributed by atoms with Gasteiger partial charge < -0.3 is 20.3 Å². The van der Waals surface area contributed by atoms with Gasteiger partial charge in [0.25, 0.3) is 0 Å². The van der Waals surface area contributed by atoms with Gasteiger partial charge in [-0.15, -0.1) is 0 Å². The van der Waals surface area contributed by atoms with E-state index in [1.54, 1.807) is 14.1 Å². The lowest BCUT2D eigenvalue weighted by atomic mass is 9.97. The molecule has 1 unspecified atom stereocenters. The zero-order valence-corrected chi connectivity index (χ0v) is 12.7. The predicted octanol–water partition coefficient (Wildman–Crippen LogP) is 0.274. The zero-order chi connectivity index (χ0) is 15.2. The second-order valence-electron chi connectivity index (χ2n) is 4.82. The van der Waals surface area contributed by atoms with Gasteiger partial charge in [-0.05, 0) is 19.8 Å². The van der Waals surface area contributed by atoms with Crippen molar-refractivity contribution >= 4 is 17.8 Å². The molecular weight excluding hydrogens is 272 g/mol. The number of nitrogens with zero attached hydrogens (tertiary/aromatic N) is 4. The summed E-state index contributed by atoms with van der Waals surface area (Å²) in [4.78, 5) is 26.6. The summed E-state index contributed by atoms with van der Waals surface area (Å²) in [6.07, 6.45) is 1.82. The Labute approximate surface area is 124 Å². The molecular formula is C13H22N6O2. The Morgan fingerprint density at radius 1 is 1.38 bits per heavy atom. The fourth-order valence-electron chi connectivity index (χ4n) is 2.37. The molecule has 2 heterocycles. The number of ether oxygens (including phenoxy) is 1. The molecule has 116 valence electrons. The summed E-state index contributed by atoms with van der Waals surface area (Å²) in [6.45, 7) is 3.81. The maximum atomic E-state index is 11.8. The van der Waals surface area contributed by atoms with E-state index < -0.39 is 0 Å². The maximum Gasteiger partial charge on any atom is 0.323 e. The van der Waals surface area contributed by atoms with Crippen LogP contribution >= 0.6 is 0 Å². The van der Waals surface area contributed by atoms with E-state index in [2.05, 4.69) is 25.6 Å². The van der Waals surface area contributed by atoms with Gasteiger partial charge in [0.1, 0.15) is 0 Å². The minimum atomic E-state index is -0.0332. The highest BCUT2D eigenvalue weighted by Gasteiger charge is 2.27. The lowest BCUT2D eigenvalue weighted by Crippen LogP contribution is -2.43. The lowest BCUT2D eigenvalue weighted by Gasteiger charge is -2.31. The number of nitrogens with one attached hydrogen (secondary N) is 2. The largest absolute Gasteiger partial charge is 0.464 e. The van der Waals surface area contributed by atoms with Crippen LogP contribution in [0.15, 0.2) is 0 Å². The summed E-state index contributed by atoms with van der Waals surface area (Å²) in [5.74, 6) is 1.04. The van der Waals surface area contributed by atoms with Gasteiger partial charge >= 0.3 is 6.01 Å². The number of anilines is 2. The number of carbonyl (C=O) groups excluding carboxylic acids is 1. The van der Waals surface area contributed by atoms with Crippen molar-refractivity contribution in [3.05, 3.63) is 0 Å². The molecule has 1 aliphatic heterocycles. The summed E-state index contributed by atoms with van der Waals surface area (Å²) in [5.41, 5.74) is 0. The molecule has 0 bridgehead atoms. The third-order valence-electron chi connectivity index (χ3n) is 3.42. The first-order valence-corrected chi connectivity index (χ1v) is 7.21. The molecule has 1 fully saturated rings. The Hall–Kier alpha value is -2.12. The molecule has 1 atom stereocenters. The summed E-state index contributed by atoms with van der Waals surface area (Å²) in [6, 6.07) is 0.300. The van der Waals surface area contributed by atoms with Gasteiger partial charge in [-0.1, -0.05) is 0 Å². The molecule has 0 aromatic carbocycles. The number of carbonyl (C=O) groups is 1. The zero-order valence-electron chi connectivity index (χ0n) is 12.7. The lowest BCUT2D eigenvalue weighted by molar-refractivity contribution is -0.124. The molecule has 1 saturated heterocycles. The number of aromatic nitrogens is 3. The Morgan fingerprint density at radius 2 is 2.19 bits per heavy atom. The van der Waals surface area contributed by atoms with E-state index in [0.29, 0.717) is 31.1 Å². The number of amides is 1. The molecule has 2 N–H and O–H groups in total. The molecule has 0 radical (unpaired) electrons. The van der Waals surface area contributed by atoms with Crippen LogP contribution in [0.2, 0.25) is 0 Å². The molecule has 8 heteroatoms. The predicted molar refractivity (Wildman–Crippen MR) is 79.5 cm³/mol. The van der Waals surface area contributed by atoms with Crippen LogP contribution in [-0.2, 0) is 4.79 Å². The first-order valence-electron chi connectivity index (χ1n) is 7.21. The van der Waals surface area contributed by atoms with Crippen LogP contribution < -0.4 is 20.3 Å². The SMILES string of the molecule is CCOc1nc(NC)nc(N2CCCC(C(=O)NC)C2)n1. The van der Waals surface area contributed by atoms with Gasteiger partial charge in [-0.2, -0.15) is 15.0 Å². The molecule has 1 aliphatic rings. The van der Waals surface area contributed by atoms with Gasteiger partial charge in [0.15, 0.2) is 0 Å². The van der Waals surface area contributed by atoms with Crippen LogP contribution in [0, 0.1) is 5.92 Å². The quantitative estimate of drug-likeness (QED) is 0.805. The van der Waals surface area contributed by atoms with Crippen molar-refractivity contribution in [2.45, 2.75) is 19.8 Å². The van der Waals surface area contributed by atoms with Crippen LogP contribution in [0.5, 0.6) is 6.01 Å². The molecule has 21 heavy (non-hydrogen) atoms. The minimum Gasteiger partial charge on any atom is -0.464 e. The molecule has 1 amide bonds. The van der Waals surface area contributed by atoms with Crippen molar-refractivity contribution < 1.29 is 9.53 Å². The van der Waals surface area contributed by atoms with Gasteiger partial charge in [-0.3, -0.25) is 4.79 Å². The molecule has 1 aromatic heterocycles. The van der Waals surface area contributed by atoms with E-state index in [4.69, 9.17) is 4.74 Å². The van der Waals surface area contributed by atoms with Crippen molar-refractivity contribution in [2.75, 3.05) is 44.0 Å². The van der Waals surface area contributed by atoms with Crippen molar-refractivity contribution in [3.8, 4) is 6.01 Å². The summed E-state index contributed by atoms with van der Waals surface area (Å²) in [5, 5.41) is 5.61. The highest BCUT2D eigenvalue weighted by atomic mass is 16.5. The maximum absolute atomic E-state index is 11.8. The van der Waals surface area contributed by atoms with E-state index in [-0.39, 0.29) is 11.8 Å². The Kier molecular flexibility index (Phi) is 5.13. The standard InChI is InChI=1S/C13H22N6O2/c1-4-21-13-17-11(15-3)16-12(18-13)19-7-5-6-9(8-19)10(20)14-2/h9H,4-8H2,1-3H3,(H,14,20)(H,15,16,17,18). The van der Waals surface area contributed by atoms with Gasteiger partial charge in [0.2, 0.25) is 17.8 Å². The average Bonchev–Trinajstić information content (AvgIpc) is 2.54. The van der Waals surface area contributed by atoms with E-state index in [0.717, 1.165) is 19.4 Å². The minimum absolute atomic E-state index is 0.0332. The Bertz CT molecular complexity index is 496. The van der Waals surface area contributed by atoms with E-state index in [1.165, 1.54) is 0 Å². The van der Waals surface area contributed by atoms with Gasteiger partial charge in [0, 0.05) is 27.2 Å². The van der Waals surface area contributed by atoms with Crippen LogP contribution in [-0.4, -0.2) is 54.7 Å². The molecule has 1 aromatic rings. The van der Waals surface area contributed by atoms with Crippen LogP contribution in [0.1, 0.15) is 19.8 Å². The van der Waals surface area contributed by atoms with Crippen molar-refractivity contribution in [1.82, 2.24) is 20.3 Å². The van der Waals surface area contributed by atoms with Crippen molar-refractivity contribution in [3.63, 3.8) is 0 Å². The molecule has 0 saturated carbocycles. The fourth-order valence-corrected chi connectivity index (χ4v) is 2.37. The smallest absolute Gasteiger partial charge is 0.323 e. The number of hydrogen-bond acceptors (Lipinski definition) is 7. The van der Waals surface area contributed by atoms with Crippen LogP contribution in [0.4, 0.5) is 11.9 Å². The number of piperidine rings is 1. The first-order chi connectivity index (χ1) is 10.2. The van der Waals surface area contributed by atoms with Crippen LogP contribution in [0.3, 0.4) is 0 Å². The van der Waals surface area contributed by atoms with E-state index in [1.807, 2.05) is 11.8 Å². The first kappa shape index (κ1) is 15.3. The monoisotopic (exact) mass is 294 g/mol. The van der Waals surface area contributed by atoms with E-state index in [9.17, 15) is 4.79 Å². The molecule has 2 rings (SSSR count). The highest BCUT2D eigenvalue weighted by molar-refractivity contribution is 5.79. The Morgan fingerprint density at radius 3 is 2.86 bits per heavy atom. The van der Waals surface area contributed by atoms with Crippen LogP contribution in [0.25, 0.3) is 0 Å². The number of rotatable bonds is 5. The van der Waals surface area contributed by atoms with Crippen molar-refractivity contribution in [1.29, 1.82) is 0 Å². The van der Waals surface area contributed by atoms with E-state index >= 15 is 0 Å². The second kappa shape index (κ2) is 7.05. The van der Waals surface area contributed by atoms with Gasteiger partial charge in [-0.25, -0.2) is 0 Å². The Balaban J connectivity index is 2.19. The molecule has 0 spiro atoms. The third-order valence-corrected chi connectivity index (χ3v) is 3.42. The topological polar surface area (TPSA) is 92.3 Å². The summed E-state index contributed by atoms with van der Waals surface area (Å²) >= 11 is 0.